The first-order valence-electron chi connectivity index (χ1n) is 9.82. The van der Waals surface area contributed by atoms with Crippen molar-refractivity contribution in [2.75, 3.05) is 13.7 Å². The third-order valence-electron chi connectivity index (χ3n) is 4.30. The van der Waals surface area contributed by atoms with E-state index in [1.807, 2.05) is 30.3 Å². The number of hydrogen-bond donors (Lipinski definition) is 2. The monoisotopic (exact) mass is 422 g/mol. The van der Waals surface area contributed by atoms with E-state index >= 15 is 0 Å². The molecule has 1 aliphatic rings. The Morgan fingerprint density at radius 2 is 1.77 bits per heavy atom. The summed E-state index contributed by atoms with van der Waals surface area (Å²) in [6, 6.07) is 8.15. The van der Waals surface area contributed by atoms with E-state index in [0.29, 0.717) is 12.8 Å². The molecule has 0 aliphatic heterocycles. The van der Waals surface area contributed by atoms with Crippen molar-refractivity contribution in [1.82, 2.24) is 10.6 Å². The molecule has 2 rings (SSSR count). The van der Waals surface area contributed by atoms with E-state index in [2.05, 4.69) is 10.6 Å². The summed E-state index contributed by atoms with van der Waals surface area (Å²) in [4.78, 5) is 35.7. The first-order valence-corrected chi connectivity index (χ1v) is 9.82. The molecule has 0 saturated heterocycles. The van der Waals surface area contributed by atoms with Crippen LogP contribution < -0.4 is 10.6 Å². The van der Waals surface area contributed by atoms with Crippen LogP contribution in [-0.2, 0) is 30.3 Å². The number of methoxy groups -OCH3 is 1. The number of rotatable bonds is 8. The number of benzene rings is 1. The number of esters is 1. The van der Waals surface area contributed by atoms with E-state index in [-0.39, 0.29) is 25.4 Å². The number of ether oxygens (including phenoxy) is 4. The van der Waals surface area contributed by atoms with Crippen LogP contribution in [0.15, 0.2) is 30.3 Å². The quantitative estimate of drug-likeness (QED) is 0.489. The summed E-state index contributed by atoms with van der Waals surface area (Å²) in [7, 11) is 1.23. The van der Waals surface area contributed by atoms with Gasteiger partial charge in [-0.3, -0.25) is 0 Å². The lowest BCUT2D eigenvalue weighted by Gasteiger charge is -2.36. The smallest absolute Gasteiger partial charge is 0.408 e. The summed E-state index contributed by atoms with van der Waals surface area (Å²) in [6.45, 7) is 5.41. The molecule has 1 saturated carbocycles. The zero-order chi connectivity index (χ0) is 22.1. The predicted molar refractivity (Wildman–Crippen MR) is 108 cm³/mol. The number of hydrogen-bond acceptors (Lipinski definition) is 7. The SMILES string of the molecule is COC(=O)[C@H](CO[C@H]1C[C@H](NC(=O)OC(C)(C)C)C1)NC(=O)OCc1ccccc1. The molecular formula is C21H30N2O7. The van der Waals surface area contributed by atoms with Crippen molar-refractivity contribution in [3.8, 4) is 0 Å². The lowest BCUT2D eigenvalue weighted by atomic mass is 9.89. The summed E-state index contributed by atoms with van der Waals surface area (Å²) >= 11 is 0. The van der Waals surface area contributed by atoms with Crippen molar-refractivity contribution in [3.05, 3.63) is 35.9 Å². The first-order chi connectivity index (χ1) is 14.2. The van der Waals surface area contributed by atoms with Crippen molar-refractivity contribution in [2.45, 2.75) is 64.0 Å². The van der Waals surface area contributed by atoms with Crippen molar-refractivity contribution in [3.63, 3.8) is 0 Å². The fourth-order valence-electron chi connectivity index (χ4n) is 2.74. The van der Waals surface area contributed by atoms with Crippen LogP contribution in [0.1, 0.15) is 39.2 Å². The highest BCUT2D eigenvalue weighted by molar-refractivity contribution is 5.81. The number of nitrogens with one attached hydrogen (secondary N) is 2. The van der Waals surface area contributed by atoms with Gasteiger partial charge in [-0.2, -0.15) is 0 Å². The van der Waals surface area contributed by atoms with Crippen LogP contribution in [-0.4, -0.2) is 55.7 Å². The summed E-state index contributed by atoms with van der Waals surface area (Å²) in [5.74, 6) is -0.630. The van der Waals surface area contributed by atoms with Gasteiger partial charge >= 0.3 is 18.2 Å². The van der Waals surface area contributed by atoms with Crippen molar-refractivity contribution in [2.24, 2.45) is 0 Å². The Balaban J connectivity index is 1.71. The largest absolute Gasteiger partial charge is 0.467 e. The molecule has 0 bridgehead atoms. The van der Waals surface area contributed by atoms with Gasteiger partial charge in [0.15, 0.2) is 6.04 Å². The molecule has 1 aromatic carbocycles. The van der Waals surface area contributed by atoms with Gasteiger partial charge in [-0.05, 0) is 39.2 Å². The molecule has 0 aromatic heterocycles. The fourth-order valence-corrected chi connectivity index (χ4v) is 2.74. The summed E-state index contributed by atoms with van der Waals surface area (Å²) in [5.41, 5.74) is 0.273. The number of amides is 2. The second kappa shape index (κ2) is 10.8. The third-order valence-corrected chi connectivity index (χ3v) is 4.30. The molecule has 2 N–H and O–H groups in total. The fraction of sp³-hybridized carbons (Fsp3) is 0.571. The molecule has 1 aliphatic carbocycles. The van der Waals surface area contributed by atoms with Crippen molar-refractivity contribution < 1.29 is 33.3 Å². The molecule has 1 atom stereocenters. The minimum atomic E-state index is -0.990. The lowest BCUT2D eigenvalue weighted by Crippen LogP contribution is -2.51. The zero-order valence-corrected chi connectivity index (χ0v) is 17.8. The van der Waals surface area contributed by atoms with Gasteiger partial charge in [0.25, 0.3) is 0 Å². The van der Waals surface area contributed by atoms with Crippen LogP contribution in [0.25, 0.3) is 0 Å². The number of alkyl carbamates (subject to hydrolysis) is 2. The molecule has 2 amide bonds. The average Bonchev–Trinajstić information content (AvgIpc) is 2.65. The van der Waals surface area contributed by atoms with E-state index < -0.39 is 29.8 Å². The van der Waals surface area contributed by atoms with Crippen LogP contribution in [0.4, 0.5) is 9.59 Å². The highest BCUT2D eigenvalue weighted by atomic mass is 16.6. The minimum absolute atomic E-state index is 0.0507. The molecule has 30 heavy (non-hydrogen) atoms. The summed E-state index contributed by atoms with van der Waals surface area (Å²) in [5, 5.41) is 5.23. The van der Waals surface area contributed by atoms with E-state index in [1.165, 1.54) is 7.11 Å². The van der Waals surface area contributed by atoms with Crippen LogP contribution in [0.3, 0.4) is 0 Å². The summed E-state index contributed by atoms with van der Waals surface area (Å²) in [6.07, 6.45) is -0.173. The Hall–Kier alpha value is -2.81. The van der Waals surface area contributed by atoms with Crippen molar-refractivity contribution >= 4 is 18.2 Å². The molecule has 9 nitrogen and oxygen atoms in total. The zero-order valence-electron chi connectivity index (χ0n) is 17.8. The number of carbonyl (C=O) groups is 3. The molecular weight excluding hydrogens is 392 g/mol. The van der Waals surface area contributed by atoms with Gasteiger partial charge in [0.2, 0.25) is 0 Å². The predicted octanol–water partition coefficient (Wildman–Crippen LogP) is 2.53. The van der Waals surface area contributed by atoms with Gasteiger partial charge < -0.3 is 29.6 Å². The maximum atomic E-state index is 12.0. The Morgan fingerprint density at radius 1 is 1.10 bits per heavy atom. The molecule has 166 valence electrons. The molecule has 1 aromatic rings. The highest BCUT2D eigenvalue weighted by Crippen LogP contribution is 2.24. The lowest BCUT2D eigenvalue weighted by molar-refractivity contribution is -0.146. The van der Waals surface area contributed by atoms with Gasteiger partial charge in [-0.15, -0.1) is 0 Å². The van der Waals surface area contributed by atoms with E-state index in [9.17, 15) is 14.4 Å². The molecule has 0 unspecified atom stereocenters. The first kappa shape index (κ1) is 23.5. The Labute approximate surface area is 176 Å². The topological polar surface area (TPSA) is 112 Å². The molecule has 0 radical (unpaired) electrons. The van der Waals surface area contributed by atoms with Gasteiger partial charge in [0, 0.05) is 6.04 Å². The maximum Gasteiger partial charge on any atom is 0.408 e. The maximum absolute atomic E-state index is 12.0. The van der Waals surface area contributed by atoms with Gasteiger partial charge in [0.1, 0.15) is 12.2 Å². The van der Waals surface area contributed by atoms with Crippen LogP contribution >= 0.6 is 0 Å². The van der Waals surface area contributed by atoms with Gasteiger partial charge in [-0.25, -0.2) is 14.4 Å². The van der Waals surface area contributed by atoms with E-state index in [0.717, 1.165) is 5.56 Å². The summed E-state index contributed by atoms with van der Waals surface area (Å²) < 4.78 is 20.7. The number of carbonyl (C=O) groups excluding carboxylic acids is 3. The molecule has 0 heterocycles. The van der Waals surface area contributed by atoms with Crippen LogP contribution in [0.5, 0.6) is 0 Å². The normalized spacial score (nSPS) is 19.1. The Kier molecular flexibility index (Phi) is 8.46. The second-order valence-corrected chi connectivity index (χ2v) is 8.05. The molecule has 0 spiro atoms. The molecule has 1 fully saturated rings. The third kappa shape index (κ3) is 8.28. The highest BCUT2D eigenvalue weighted by Gasteiger charge is 2.34. The Morgan fingerprint density at radius 3 is 2.37 bits per heavy atom. The van der Waals surface area contributed by atoms with Crippen LogP contribution in [0, 0.1) is 0 Å². The average molecular weight is 422 g/mol. The van der Waals surface area contributed by atoms with Crippen LogP contribution in [0.2, 0.25) is 0 Å². The Bertz CT molecular complexity index is 712. The standard InChI is InChI=1S/C21H30N2O7/c1-21(2,3)30-20(26)22-15-10-16(11-15)28-13-17(18(24)27-4)23-19(25)29-12-14-8-6-5-7-9-14/h5-9,15-17H,10-13H2,1-4H3,(H,22,26)(H,23,25)/t15-,16-,17-/m0/s1. The van der Waals surface area contributed by atoms with Gasteiger partial charge in [0.05, 0.1) is 19.8 Å². The molecule has 9 heteroatoms. The van der Waals surface area contributed by atoms with Crippen molar-refractivity contribution in [1.29, 1.82) is 0 Å². The second-order valence-electron chi connectivity index (χ2n) is 8.05. The van der Waals surface area contributed by atoms with Gasteiger partial charge in [-0.1, -0.05) is 30.3 Å². The van der Waals surface area contributed by atoms with E-state index in [1.54, 1.807) is 20.8 Å². The van der Waals surface area contributed by atoms with E-state index in [4.69, 9.17) is 18.9 Å². The minimum Gasteiger partial charge on any atom is -0.467 e.